The van der Waals surface area contributed by atoms with Crippen LogP contribution in [0.25, 0.3) is 0 Å². The lowest BCUT2D eigenvalue weighted by molar-refractivity contribution is -0.137. The van der Waals surface area contributed by atoms with Gasteiger partial charge in [-0.15, -0.1) is 12.3 Å². The number of carboxylic acid groups (broad SMARTS) is 1. The average Bonchev–Trinajstić information content (AvgIpc) is 2.34. The summed E-state index contributed by atoms with van der Waals surface area (Å²) >= 11 is 0. The molecular weight excluding hydrogens is 248 g/mol. The number of imide groups is 1. The number of carboxylic acids is 1. The van der Waals surface area contributed by atoms with Gasteiger partial charge in [-0.1, -0.05) is 0 Å². The van der Waals surface area contributed by atoms with Crippen molar-refractivity contribution < 1.29 is 19.5 Å². The number of nitrogens with one attached hydrogen (secondary N) is 2. The first kappa shape index (κ1) is 17.0. The SMILES string of the molecule is C#CCCCCNC(=O)NC(=O)CCCCC(=O)O. The normalized spacial score (nSPS) is 9.42. The third-order valence-corrected chi connectivity index (χ3v) is 2.33. The van der Waals surface area contributed by atoms with E-state index in [0.29, 0.717) is 25.8 Å². The predicted octanol–water partition coefficient (Wildman–Crippen LogP) is 1.26. The van der Waals surface area contributed by atoms with Gasteiger partial charge < -0.3 is 10.4 Å². The first-order valence-corrected chi connectivity index (χ1v) is 6.29. The van der Waals surface area contributed by atoms with E-state index in [2.05, 4.69) is 16.6 Å². The highest BCUT2D eigenvalue weighted by molar-refractivity contribution is 5.94. The first-order valence-electron chi connectivity index (χ1n) is 6.29. The van der Waals surface area contributed by atoms with E-state index in [0.717, 1.165) is 12.8 Å². The van der Waals surface area contributed by atoms with Crippen LogP contribution in [0.2, 0.25) is 0 Å². The van der Waals surface area contributed by atoms with Crippen LogP contribution in [0.1, 0.15) is 44.9 Å². The second kappa shape index (κ2) is 11.1. The highest BCUT2D eigenvalue weighted by atomic mass is 16.4. The molecule has 0 aliphatic carbocycles. The average molecular weight is 268 g/mol. The fourth-order valence-electron chi connectivity index (χ4n) is 1.35. The minimum atomic E-state index is -0.884. The Balaban J connectivity index is 3.50. The summed E-state index contributed by atoms with van der Waals surface area (Å²) in [5, 5.41) is 13.1. The van der Waals surface area contributed by atoms with Gasteiger partial charge in [0, 0.05) is 25.8 Å². The number of carbonyl (C=O) groups excluding carboxylic acids is 2. The minimum absolute atomic E-state index is 0.0364. The maximum Gasteiger partial charge on any atom is 0.321 e. The lowest BCUT2D eigenvalue weighted by atomic mass is 10.2. The van der Waals surface area contributed by atoms with Gasteiger partial charge in [-0.25, -0.2) is 4.79 Å². The molecule has 0 saturated carbocycles. The molecule has 0 bridgehead atoms. The molecule has 3 amide bonds. The molecule has 0 spiro atoms. The van der Waals surface area contributed by atoms with E-state index in [-0.39, 0.29) is 12.8 Å². The van der Waals surface area contributed by atoms with E-state index in [1.165, 1.54) is 0 Å². The molecule has 0 aliphatic heterocycles. The van der Waals surface area contributed by atoms with E-state index in [1.54, 1.807) is 0 Å². The van der Waals surface area contributed by atoms with Crippen molar-refractivity contribution in [3.8, 4) is 12.3 Å². The van der Waals surface area contributed by atoms with Gasteiger partial charge in [0.05, 0.1) is 0 Å². The summed E-state index contributed by atoms with van der Waals surface area (Å²) in [6.45, 7) is 0.472. The molecule has 0 aromatic heterocycles. The van der Waals surface area contributed by atoms with Crippen LogP contribution in [0.15, 0.2) is 0 Å². The molecule has 0 saturated heterocycles. The van der Waals surface area contributed by atoms with Gasteiger partial charge in [-0.3, -0.25) is 14.9 Å². The number of carbonyl (C=O) groups is 3. The molecule has 0 unspecified atom stereocenters. The zero-order valence-electron chi connectivity index (χ0n) is 10.9. The number of hydrogen-bond donors (Lipinski definition) is 3. The molecule has 0 rings (SSSR count). The van der Waals surface area contributed by atoms with Gasteiger partial charge in [0.15, 0.2) is 0 Å². The summed E-state index contributed by atoms with van der Waals surface area (Å²) in [4.78, 5) is 32.8. The number of aliphatic carboxylic acids is 1. The zero-order chi connectivity index (χ0) is 14.5. The van der Waals surface area contributed by atoms with E-state index >= 15 is 0 Å². The Bertz CT molecular complexity index is 347. The predicted molar refractivity (Wildman–Crippen MR) is 70.3 cm³/mol. The fourth-order valence-corrected chi connectivity index (χ4v) is 1.35. The molecule has 0 aromatic rings. The Kier molecular flexibility index (Phi) is 9.90. The third-order valence-electron chi connectivity index (χ3n) is 2.33. The van der Waals surface area contributed by atoms with Crippen LogP contribution in [0.4, 0.5) is 4.79 Å². The Morgan fingerprint density at radius 1 is 1.05 bits per heavy atom. The highest BCUT2D eigenvalue weighted by Gasteiger charge is 2.07. The smallest absolute Gasteiger partial charge is 0.321 e. The quantitative estimate of drug-likeness (QED) is 0.433. The number of amides is 3. The van der Waals surface area contributed by atoms with Crippen molar-refractivity contribution in [2.24, 2.45) is 0 Å². The van der Waals surface area contributed by atoms with Gasteiger partial charge in [-0.05, 0) is 25.7 Å². The monoisotopic (exact) mass is 268 g/mol. The van der Waals surface area contributed by atoms with Gasteiger partial charge in [0.1, 0.15) is 0 Å². The number of rotatable bonds is 9. The van der Waals surface area contributed by atoms with Crippen LogP contribution in [-0.4, -0.2) is 29.6 Å². The van der Waals surface area contributed by atoms with E-state index < -0.39 is 17.9 Å². The summed E-state index contributed by atoms with van der Waals surface area (Å²) in [5.74, 6) is 1.22. The zero-order valence-corrected chi connectivity index (χ0v) is 10.9. The Morgan fingerprint density at radius 2 is 1.74 bits per heavy atom. The second-order valence-corrected chi connectivity index (χ2v) is 4.07. The second-order valence-electron chi connectivity index (χ2n) is 4.07. The summed E-state index contributed by atoms with van der Waals surface area (Å²) < 4.78 is 0. The first-order chi connectivity index (χ1) is 9.06. The Labute approximate surface area is 112 Å². The molecule has 19 heavy (non-hydrogen) atoms. The molecule has 3 N–H and O–H groups in total. The number of hydrogen-bond acceptors (Lipinski definition) is 3. The van der Waals surface area contributed by atoms with Crippen molar-refractivity contribution in [3.63, 3.8) is 0 Å². The summed E-state index contributed by atoms with van der Waals surface area (Å²) in [7, 11) is 0. The van der Waals surface area contributed by atoms with Gasteiger partial charge in [0.2, 0.25) is 5.91 Å². The Hall–Kier alpha value is -2.03. The van der Waals surface area contributed by atoms with Gasteiger partial charge in [-0.2, -0.15) is 0 Å². The largest absolute Gasteiger partial charge is 0.481 e. The summed E-state index contributed by atoms with van der Waals surface area (Å²) in [6, 6.07) is -0.524. The topological polar surface area (TPSA) is 95.5 Å². The molecular formula is C13H20N2O4. The maximum absolute atomic E-state index is 11.3. The standard InChI is InChI=1S/C13H20N2O4/c1-2-3-4-7-10-14-13(19)15-11(16)8-5-6-9-12(17)18/h1H,3-10H2,(H,17,18)(H2,14,15,16,19). The lowest BCUT2D eigenvalue weighted by Crippen LogP contribution is -2.39. The van der Waals surface area contributed by atoms with Crippen molar-refractivity contribution in [1.29, 1.82) is 0 Å². The number of unbranched alkanes of at least 4 members (excludes halogenated alkanes) is 3. The maximum atomic E-state index is 11.3. The fraction of sp³-hybridized carbons (Fsp3) is 0.615. The van der Waals surface area contributed by atoms with Crippen LogP contribution >= 0.6 is 0 Å². The van der Waals surface area contributed by atoms with E-state index in [9.17, 15) is 14.4 Å². The highest BCUT2D eigenvalue weighted by Crippen LogP contribution is 1.99. The summed E-state index contributed by atoms with van der Waals surface area (Å²) in [6.07, 6.45) is 8.42. The molecule has 6 nitrogen and oxygen atoms in total. The van der Waals surface area contributed by atoms with Crippen LogP contribution in [0.3, 0.4) is 0 Å². The van der Waals surface area contributed by atoms with E-state index in [1.807, 2.05) is 0 Å². The van der Waals surface area contributed by atoms with Crippen molar-refractivity contribution in [3.05, 3.63) is 0 Å². The Morgan fingerprint density at radius 3 is 2.37 bits per heavy atom. The molecule has 6 heteroatoms. The summed E-state index contributed by atoms with van der Waals surface area (Å²) in [5.41, 5.74) is 0. The van der Waals surface area contributed by atoms with E-state index in [4.69, 9.17) is 11.5 Å². The number of terminal acetylenes is 1. The third kappa shape index (κ3) is 12.2. The van der Waals surface area contributed by atoms with Crippen LogP contribution < -0.4 is 10.6 Å². The molecule has 106 valence electrons. The van der Waals surface area contributed by atoms with Crippen molar-refractivity contribution in [2.75, 3.05) is 6.54 Å². The molecule has 0 radical (unpaired) electrons. The molecule has 0 heterocycles. The molecule has 0 aliphatic rings. The lowest BCUT2D eigenvalue weighted by Gasteiger charge is -2.05. The van der Waals surface area contributed by atoms with Crippen LogP contribution in [-0.2, 0) is 9.59 Å². The molecule has 0 fully saturated rings. The van der Waals surface area contributed by atoms with Crippen molar-refractivity contribution >= 4 is 17.9 Å². The molecule has 0 aromatic carbocycles. The number of urea groups is 1. The molecule has 0 atom stereocenters. The van der Waals surface area contributed by atoms with Crippen LogP contribution in [0, 0.1) is 12.3 Å². The van der Waals surface area contributed by atoms with Gasteiger partial charge >= 0.3 is 12.0 Å². The van der Waals surface area contributed by atoms with Gasteiger partial charge in [0.25, 0.3) is 0 Å². The van der Waals surface area contributed by atoms with Crippen molar-refractivity contribution in [2.45, 2.75) is 44.9 Å². The van der Waals surface area contributed by atoms with Crippen molar-refractivity contribution in [1.82, 2.24) is 10.6 Å². The minimum Gasteiger partial charge on any atom is -0.481 e. The van der Waals surface area contributed by atoms with Crippen LogP contribution in [0.5, 0.6) is 0 Å².